The van der Waals surface area contributed by atoms with Gasteiger partial charge in [0.15, 0.2) is 5.78 Å². The standard InChI is InChI=1S/C21H35NO4/c1-5-22-18(4)19-8-10-20(11-9-19)26-15-7-13-24-12-6-14-25-16-21(23)17(2)3/h8-11,17-18,22H,5-7,12-16H2,1-4H3/t18-/m1/s1. The van der Waals surface area contributed by atoms with Crippen LogP contribution in [0.2, 0.25) is 0 Å². The van der Waals surface area contributed by atoms with Crippen LogP contribution in [0.4, 0.5) is 0 Å². The van der Waals surface area contributed by atoms with Crippen molar-refractivity contribution in [2.24, 2.45) is 5.92 Å². The Morgan fingerprint density at radius 3 is 2.19 bits per heavy atom. The van der Waals surface area contributed by atoms with Crippen molar-refractivity contribution < 1.29 is 19.0 Å². The molecule has 0 bridgehead atoms. The van der Waals surface area contributed by atoms with E-state index in [9.17, 15) is 4.79 Å². The van der Waals surface area contributed by atoms with E-state index in [-0.39, 0.29) is 18.3 Å². The van der Waals surface area contributed by atoms with E-state index in [1.165, 1.54) is 5.56 Å². The molecule has 1 rings (SSSR count). The zero-order valence-electron chi connectivity index (χ0n) is 16.8. The van der Waals surface area contributed by atoms with E-state index < -0.39 is 0 Å². The van der Waals surface area contributed by atoms with Gasteiger partial charge in [-0.25, -0.2) is 0 Å². The van der Waals surface area contributed by atoms with Crippen molar-refractivity contribution in [3.8, 4) is 5.75 Å². The number of ketones is 1. The molecule has 0 heterocycles. The highest BCUT2D eigenvalue weighted by molar-refractivity contribution is 5.81. The zero-order chi connectivity index (χ0) is 19.2. The molecule has 0 aliphatic rings. The average molecular weight is 366 g/mol. The van der Waals surface area contributed by atoms with Crippen molar-refractivity contribution in [2.75, 3.05) is 39.6 Å². The summed E-state index contributed by atoms with van der Waals surface area (Å²) in [6.07, 6.45) is 1.65. The first kappa shape index (κ1) is 22.6. The van der Waals surface area contributed by atoms with Gasteiger partial charge in [-0.05, 0) is 37.6 Å². The minimum atomic E-state index is 0.0406. The van der Waals surface area contributed by atoms with Crippen LogP contribution < -0.4 is 10.1 Å². The molecule has 0 aliphatic carbocycles. The molecule has 5 heteroatoms. The Morgan fingerprint density at radius 1 is 0.962 bits per heavy atom. The minimum Gasteiger partial charge on any atom is -0.494 e. The minimum absolute atomic E-state index is 0.0406. The van der Waals surface area contributed by atoms with Crippen molar-refractivity contribution in [2.45, 2.75) is 46.6 Å². The number of carbonyl (C=O) groups is 1. The number of benzene rings is 1. The molecule has 1 atom stereocenters. The lowest BCUT2D eigenvalue weighted by Crippen LogP contribution is -2.17. The highest BCUT2D eigenvalue weighted by Gasteiger charge is 2.06. The highest BCUT2D eigenvalue weighted by Crippen LogP contribution is 2.17. The fraction of sp³-hybridized carbons (Fsp3) is 0.667. The van der Waals surface area contributed by atoms with Gasteiger partial charge in [0.05, 0.1) is 6.61 Å². The third-order valence-electron chi connectivity index (χ3n) is 4.06. The van der Waals surface area contributed by atoms with Gasteiger partial charge in [-0.15, -0.1) is 0 Å². The van der Waals surface area contributed by atoms with Crippen molar-refractivity contribution in [1.82, 2.24) is 5.32 Å². The second kappa shape index (κ2) is 13.7. The Labute approximate surface area is 158 Å². The Hall–Kier alpha value is -1.43. The fourth-order valence-electron chi connectivity index (χ4n) is 2.33. The normalized spacial score (nSPS) is 12.3. The van der Waals surface area contributed by atoms with Gasteiger partial charge < -0.3 is 19.5 Å². The summed E-state index contributed by atoms with van der Waals surface area (Å²) in [4.78, 5) is 11.4. The topological polar surface area (TPSA) is 56.8 Å². The first-order valence-corrected chi connectivity index (χ1v) is 9.69. The van der Waals surface area contributed by atoms with Gasteiger partial charge in [-0.2, -0.15) is 0 Å². The van der Waals surface area contributed by atoms with E-state index in [2.05, 4.69) is 31.3 Å². The Bertz CT molecular complexity index is 487. The number of Topliss-reactive ketones (excluding diaryl/α,β-unsaturated/α-hetero) is 1. The van der Waals surface area contributed by atoms with Crippen LogP contribution in [0.15, 0.2) is 24.3 Å². The molecule has 148 valence electrons. The summed E-state index contributed by atoms with van der Waals surface area (Å²) in [6.45, 7) is 11.7. The van der Waals surface area contributed by atoms with E-state index >= 15 is 0 Å². The van der Waals surface area contributed by atoms with Gasteiger partial charge in [-0.3, -0.25) is 4.79 Å². The monoisotopic (exact) mass is 365 g/mol. The molecule has 0 saturated carbocycles. The van der Waals surface area contributed by atoms with Gasteiger partial charge >= 0.3 is 0 Å². The summed E-state index contributed by atoms with van der Waals surface area (Å²) in [5.74, 6) is 1.08. The summed E-state index contributed by atoms with van der Waals surface area (Å²) >= 11 is 0. The molecular weight excluding hydrogens is 330 g/mol. The SMILES string of the molecule is CCN[C@H](C)c1ccc(OCCCOCCCOCC(=O)C(C)C)cc1. The van der Waals surface area contributed by atoms with Crippen LogP contribution in [0, 0.1) is 5.92 Å². The van der Waals surface area contributed by atoms with E-state index in [0.717, 1.165) is 25.1 Å². The van der Waals surface area contributed by atoms with Crippen LogP contribution >= 0.6 is 0 Å². The second-order valence-electron chi connectivity index (χ2n) is 6.69. The van der Waals surface area contributed by atoms with E-state index in [1.54, 1.807) is 0 Å². The maximum atomic E-state index is 11.4. The zero-order valence-corrected chi connectivity index (χ0v) is 16.8. The lowest BCUT2D eigenvalue weighted by molar-refractivity contribution is -0.126. The second-order valence-corrected chi connectivity index (χ2v) is 6.69. The van der Waals surface area contributed by atoms with Gasteiger partial charge in [0.2, 0.25) is 0 Å². The molecule has 1 N–H and O–H groups in total. The molecule has 1 aromatic rings. The lowest BCUT2D eigenvalue weighted by Gasteiger charge is -2.13. The first-order chi connectivity index (χ1) is 12.5. The van der Waals surface area contributed by atoms with E-state index in [1.807, 2.05) is 26.0 Å². The van der Waals surface area contributed by atoms with E-state index in [4.69, 9.17) is 14.2 Å². The molecule has 0 aromatic heterocycles. The molecule has 1 aromatic carbocycles. The number of nitrogens with one attached hydrogen (secondary N) is 1. The van der Waals surface area contributed by atoms with Crippen LogP contribution in [-0.2, 0) is 14.3 Å². The largest absolute Gasteiger partial charge is 0.494 e. The summed E-state index contributed by atoms with van der Waals surface area (Å²) < 4.78 is 16.6. The number of ether oxygens (including phenoxy) is 3. The molecule has 0 fully saturated rings. The van der Waals surface area contributed by atoms with Crippen LogP contribution in [0.3, 0.4) is 0 Å². The molecular formula is C21H35NO4. The Balaban J connectivity index is 2.00. The van der Waals surface area contributed by atoms with Gasteiger partial charge in [0.25, 0.3) is 0 Å². The van der Waals surface area contributed by atoms with Crippen LogP contribution in [0.5, 0.6) is 5.75 Å². The molecule has 5 nitrogen and oxygen atoms in total. The molecule has 0 unspecified atom stereocenters. The van der Waals surface area contributed by atoms with Crippen molar-refractivity contribution in [3.63, 3.8) is 0 Å². The van der Waals surface area contributed by atoms with Crippen molar-refractivity contribution in [1.29, 1.82) is 0 Å². The molecule has 0 aliphatic heterocycles. The third-order valence-corrected chi connectivity index (χ3v) is 4.06. The predicted octanol–water partition coefficient (Wildman–Crippen LogP) is 3.77. The van der Waals surface area contributed by atoms with Gasteiger partial charge in [0.1, 0.15) is 12.4 Å². The smallest absolute Gasteiger partial charge is 0.160 e. The maximum absolute atomic E-state index is 11.4. The first-order valence-electron chi connectivity index (χ1n) is 9.69. The van der Waals surface area contributed by atoms with Crippen molar-refractivity contribution in [3.05, 3.63) is 29.8 Å². The number of hydrogen-bond donors (Lipinski definition) is 1. The molecule has 0 amide bonds. The third kappa shape index (κ3) is 9.90. The average Bonchev–Trinajstić information content (AvgIpc) is 2.63. The van der Waals surface area contributed by atoms with E-state index in [0.29, 0.717) is 32.5 Å². The molecule has 0 radical (unpaired) electrons. The van der Waals surface area contributed by atoms with Crippen LogP contribution in [0.1, 0.15) is 52.1 Å². The quantitative estimate of drug-likeness (QED) is 0.480. The van der Waals surface area contributed by atoms with Crippen LogP contribution in [0.25, 0.3) is 0 Å². The summed E-state index contributed by atoms with van der Waals surface area (Å²) in [5.41, 5.74) is 1.26. The Morgan fingerprint density at radius 2 is 1.58 bits per heavy atom. The lowest BCUT2D eigenvalue weighted by atomic mass is 10.1. The van der Waals surface area contributed by atoms with Gasteiger partial charge in [0, 0.05) is 38.2 Å². The summed E-state index contributed by atoms with van der Waals surface area (Å²) in [5, 5.41) is 3.39. The molecule has 0 spiro atoms. The fourth-order valence-corrected chi connectivity index (χ4v) is 2.33. The van der Waals surface area contributed by atoms with Gasteiger partial charge in [-0.1, -0.05) is 32.9 Å². The predicted molar refractivity (Wildman–Crippen MR) is 105 cm³/mol. The highest BCUT2D eigenvalue weighted by atomic mass is 16.5. The molecule has 0 saturated heterocycles. The van der Waals surface area contributed by atoms with Crippen LogP contribution in [-0.4, -0.2) is 45.4 Å². The molecule has 26 heavy (non-hydrogen) atoms. The summed E-state index contributed by atoms with van der Waals surface area (Å²) in [7, 11) is 0. The number of hydrogen-bond acceptors (Lipinski definition) is 5. The maximum Gasteiger partial charge on any atom is 0.160 e. The number of carbonyl (C=O) groups excluding carboxylic acids is 1. The van der Waals surface area contributed by atoms with Crippen molar-refractivity contribution >= 4 is 5.78 Å². The Kier molecular flexibility index (Phi) is 11.9. The summed E-state index contributed by atoms with van der Waals surface area (Å²) in [6, 6.07) is 8.58. The number of rotatable bonds is 15.